The topological polar surface area (TPSA) is 49.4 Å². The first-order chi connectivity index (χ1) is 7.48. The maximum atomic E-state index is 12.2. The molecule has 1 unspecified atom stereocenters. The van der Waals surface area contributed by atoms with E-state index in [0.717, 1.165) is 19.5 Å². The van der Waals surface area contributed by atoms with Crippen LogP contribution < -0.4 is 5.32 Å². The summed E-state index contributed by atoms with van der Waals surface area (Å²) in [5.41, 5.74) is 0.258. The molecular formula is C12H20N2O2. The Hall–Kier alpha value is -1.06. The SMILES string of the molecule is CC1(C)CCN(C(=O)C2CCC(=O)NC2)C1. The number of nitrogens with zero attached hydrogens (tertiary/aromatic N) is 1. The third-order valence-electron chi connectivity index (χ3n) is 3.60. The van der Waals surface area contributed by atoms with Crippen LogP contribution in [0.15, 0.2) is 0 Å². The Kier molecular flexibility index (Phi) is 2.91. The molecule has 0 saturated carbocycles. The number of carbonyl (C=O) groups is 2. The molecule has 4 heteroatoms. The highest BCUT2D eigenvalue weighted by molar-refractivity contribution is 5.84. The Labute approximate surface area is 96.4 Å². The van der Waals surface area contributed by atoms with Crippen LogP contribution in [0.3, 0.4) is 0 Å². The number of amides is 2. The van der Waals surface area contributed by atoms with E-state index in [1.54, 1.807) is 0 Å². The van der Waals surface area contributed by atoms with E-state index in [-0.39, 0.29) is 23.1 Å². The molecule has 0 radical (unpaired) electrons. The van der Waals surface area contributed by atoms with Crippen molar-refractivity contribution in [2.45, 2.75) is 33.1 Å². The molecule has 0 aromatic carbocycles. The first-order valence-corrected chi connectivity index (χ1v) is 6.03. The Morgan fingerprint density at radius 1 is 1.50 bits per heavy atom. The van der Waals surface area contributed by atoms with Crippen LogP contribution in [0.4, 0.5) is 0 Å². The van der Waals surface area contributed by atoms with E-state index >= 15 is 0 Å². The third-order valence-corrected chi connectivity index (χ3v) is 3.60. The molecule has 2 aliphatic rings. The largest absolute Gasteiger partial charge is 0.355 e. The maximum absolute atomic E-state index is 12.2. The fraction of sp³-hybridized carbons (Fsp3) is 0.833. The van der Waals surface area contributed by atoms with Crippen LogP contribution in [-0.4, -0.2) is 36.3 Å². The second-order valence-electron chi connectivity index (χ2n) is 5.71. The van der Waals surface area contributed by atoms with Gasteiger partial charge in [0, 0.05) is 26.1 Å². The Bertz CT molecular complexity index is 302. The van der Waals surface area contributed by atoms with Crippen molar-refractivity contribution in [2.75, 3.05) is 19.6 Å². The number of hydrogen-bond acceptors (Lipinski definition) is 2. The van der Waals surface area contributed by atoms with Crippen molar-refractivity contribution in [3.8, 4) is 0 Å². The quantitative estimate of drug-likeness (QED) is 0.715. The predicted molar refractivity (Wildman–Crippen MR) is 60.7 cm³/mol. The van der Waals surface area contributed by atoms with Crippen molar-refractivity contribution in [3.05, 3.63) is 0 Å². The lowest BCUT2D eigenvalue weighted by Crippen LogP contribution is -2.44. The van der Waals surface area contributed by atoms with Crippen LogP contribution in [0, 0.1) is 11.3 Å². The molecule has 0 aromatic heterocycles. The van der Waals surface area contributed by atoms with Crippen LogP contribution >= 0.6 is 0 Å². The lowest BCUT2D eigenvalue weighted by Gasteiger charge is -2.27. The van der Waals surface area contributed by atoms with Gasteiger partial charge in [-0.1, -0.05) is 13.8 Å². The van der Waals surface area contributed by atoms with E-state index in [1.807, 2.05) is 4.90 Å². The van der Waals surface area contributed by atoms with Crippen molar-refractivity contribution in [1.82, 2.24) is 10.2 Å². The van der Waals surface area contributed by atoms with E-state index < -0.39 is 0 Å². The molecule has 0 spiro atoms. The van der Waals surface area contributed by atoms with Crippen molar-refractivity contribution in [3.63, 3.8) is 0 Å². The summed E-state index contributed by atoms with van der Waals surface area (Å²) in [4.78, 5) is 25.1. The number of piperidine rings is 1. The van der Waals surface area contributed by atoms with Gasteiger partial charge in [0.15, 0.2) is 0 Å². The molecule has 0 bridgehead atoms. The van der Waals surface area contributed by atoms with Gasteiger partial charge in [-0.15, -0.1) is 0 Å². The van der Waals surface area contributed by atoms with E-state index in [0.29, 0.717) is 19.4 Å². The van der Waals surface area contributed by atoms with Crippen molar-refractivity contribution in [1.29, 1.82) is 0 Å². The Morgan fingerprint density at radius 2 is 2.25 bits per heavy atom. The normalized spacial score (nSPS) is 29.0. The van der Waals surface area contributed by atoms with Crippen LogP contribution in [0.5, 0.6) is 0 Å². The van der Waals surface area contributed by atoms with Crippen molar-refractivity contribution in [2.24, 2.45) is 11.3 Å². The molecule has 2 rings (SSSR count). The first kappa shape index (κ1) is 11.4. The zero-order chi connectivity index (χ0) is 11.8. The third kappa shape index (κ3) is 2.36. The van der Waals surface area contributed by atoms with Gasteiger partial charge in [-0.25, -0.2) is 0 Å². The summed E-state index contributed by atoms with van der Waals surface area (Å²) in [7, 11) is 0. The van der Waals surface area contributed by atoms with Gasteiger partial charge < -0.3 is 10.2 Å². The molecule has 2 heterocycles. The number of carbonyl (C=O) groups excluding carboxylic acids is 2. The molecule has 1 atom stereocenters. The molecular weight excluding hydrogens is 204 g/mol. The molecule has 2 aliphatic heterocycles. The summed E-state index contributed by atoms with van der Waals surface area (Å²) in [6, 6.07) is 0. The summed E-state index contributed by atoms with van der Waals surface area (Å²) in [5.74, 6) is 0.308. The fourth-order valence-corrected chi connectivity index (χ4v) is 2.50. The van der Waals surface area contributed by atoms with Gasteiger partial charge in [-0.2, -0.15) is 0 Å². The highest BCUT2D eigenvalue weighted by Gasteiger charge is 2.35. The highest BCUT2D eigenvalue weighted by Crippen LogP contribution is 2.30. The summed E-state index contributed by atoms with van der Waals surface area (Å²) < 4.78 is 0. The van der Waals surface area contributed by atoms with Crippen molar-refractivity contribution < 1.29 is 9.59 Å². The Balaban J connectivity index is 1.91. The first-order valence-electron chi connectivity index (χ1n) is 6.03. The fourth-order valence-electron chi connectivity index (χ4n) is 2.50. The lowest BCUT2D eigenvalue weighted by atomic mass is 9.93. The minimum atomic E-state index is 0.00611. The molecule has 2 amide bonds. The van der Waals surface area contributed by atoms with E-state index in [1.165, 1.54) is 0 Å². The number of nitrogens with one attached hydrogen (secondary N) is 1. The lowest BCUT2D eigenvalue weighted by molar-refractivity contribution is -0.136. The van der Waals surface area contributed by atoms with Gasteiger partial charge in [0.25, 0.3) is 0 Å². The molecule has 16 heavy (non-hydrogen) atoms. The molecule has 2 saturated heterocycles. The number of rotatable bonds is 1. The zero-order valence-electron chi connectivity index (χ0n) is 10.1. The average Bonchev–Trinajstić information content (AvgIpc) is 2.59. The molecule has 4 nitrogen and oxygen atoms in total. The van der Waals surface area contributed by atoms with Gasteiger partial charge in [0.2, 0.25) is 11.8 Å². The molecule has 1 N–H and O–H groups in total. The highest BCUT2D eigenvalue weighted by atomic mass is 16.2. The van der Waals surface area contributed by atoms with Gasteiger partial charge in [0.1, 0.15) is 0 Å². The summed E-state index contributed by atoms with van der Waals surface area (Å²) in [5, 5.41) is 2.77. The van der Waals surface area contributed by atoms with Crippen LogP contribution in [-0.2, 0) is 9.59 Å². The molecule has 90 valence electrons. The number of likely N-dealkylation sites (tertiary alicyclic amines) is 1. The minimum Gasteiger partial charge on any atom is -0.355 e. The molecule has 2 fully saturated rings. The molecule has 0 aliphatic carbocycles. The zero-order valence-corrected chi connectivity index (χ0v) is 10.1. The van der Waals surface area contributed by atoms with Gasteiger partial charge in [0.05, 0.1) is 5.92 Å². The van der Waals surface area contributed by atoms with Gasteiger partial charge in [-0.05, 0) is 18.3 Å². The maximum Gasteiger partial charge on any atom is 0.227 e. The average molecular weight is 224 g/mol. The predicted octanol–water partition coefficient (Wildman–Crippen LogP) is 0.771. The second-order valence-corrected chi connectivity index (χ2v) is 5.71. The number of hydrogen-bond donors (Lipinski definition) is 1. The van der Waals surface area contributed by atoms with Gasteiger partial charge >= 0.3 is 0 Å². The van der Waals surface area contributed by atoms with Crippen LogP contribution in [0.1, 0.15) is 33.1 Å². The van der Waals surface area contributed by atoms with E-state index in [4.69, 9.17) is 0 Å². The van der Waals surface area contributed by atoms with E-state index in [2.05, 4.69) is 19.2 Å². The monoisotopic (exact) mass is 224 g/mol. The second kappa shape index (κ2) is 4.07. The van der Waals surface area contributed by atoms with E-state index in [9.17, 15) is 9.59 Å². The minimum absolute atomic E-state index is 0.00611. The van der Waals surface area contributed by atoms with Crippen molar-refractivity contribution >= 4 is 11.8 Å². The summed E-state index contributed by atoms with van der Waals surface area (Å²) in [6.45, 7) is 6.65. The van der Waals surface area contributed by atoms with Gasteiger partial charge in [-0.3, -0.25) is 9.59 Å². The molecule has 0 aromatic rings. The van der Waals surface area contributed by atoms with Crippen LogP contribution in [0.2, 0.25) is 0 Å². The summed E-state index contributed by atoms with van der Waals surface area (Å²) in [6.07, 6.45) is 2.28. The Morgan fingerprint density at radius 3 is 2.75 bits per heavy atom. The smallest absolute Gasteiger partial charge is 0.227 e. The standard InChI is InChI=1S/C12H20N2O2/c1-12(2)5-6-14(8-12)11(16)9-3-4-10(15)13-7-9/h9H,3-8H2,1-2H3,(H,13,15). The summed E-state index contributed by atoms with van der Waals surface area (Å²) >= 11 is 0. The van der Waals surface area contributed by atoms with Crippen LogP contribution in [0.25, 0.3) is 0 Å².